The third kappa shape index (κ3) is 3.34. The average Bonchev–Trinajstić information content (AvgIpc) is 1.85. The molecule has 0 saturated heterocycles. The Morgan fingerprint density at radius 2 is 1.91 bits per heavy atom. The molecule has 0 fully saturated rings. The molecule has 0 aliphatic carbocycles. The molecule has 11 heavy (non-hydrogen) atoms. The van der Waals surface area contributed by atoms with E-state index in [1.165, 1.54) is 12.4 Å². The van der Waals surface area contributed by atoms with E-state index in [9.17, 15) is 8.42 Å². The van der Waals surface area contributed by atoms with Crippen molar-refractivity contribution in [3.05, 3.63) is 30.1 Å². The summed E-state index contributed by atoms with van der Waals surface area (Å²) in [6.07, 6.45) is 3.05. The van der Waals surface area contributed by atoms with E-state index >= 15 is 0 Å². The van der Waals surface area contributed by atoms with Crippen molar-refractivity contribution in [1.29, 1.82) is 0 Å². The lowest BCUT2D eigenvalue weighted by atomic mass is 10.3. The zero-order chi connectivity index (χ0) is 8.32. The normalized spacial score (nSPS) is 11.4. The van der Waals surface area contributed by atoms with Crippen LogP contribution in [-0.2, 0) is 14.8 Å². The Morgan fingerprint density at radius 3 is 2.36 bits per heavy atom. The van der Waals surface area contributed by atoms with Crippen LogP contribution in [0.5, 0.6) is 0 Å². The predicted molar refractivity (Wildman–Crippen MR) is 42.7 cm³/mol. The topological polar surface area (TPSA) is 47.0 Å². The van der Waals surface area contributed by atoms with Gasteiger partial charge < -0.3 is 0 Å². The highest BCUT2D eigenvalue weighted by Gasteiger charge is 2.05. The number of hydrogen-bond acceptors (Lipinski definition) is 3. The first-order valence-electron chi connectivity index (χ1n) is 2.89. The first-order valence-corrected chi connectivity index (χ1v) is 5.37. The van der Waals surface area contributed by atoms with Gasteiger partial charge in [-0.05, 0) is 17.7 Å². The SMILES string of the molecule is O=S(=O)(Cl)Cc1ccncc1. The molecule has 0 aliphatic rings. The van der Waals surface area contributed by atoms with Gasteiger partial charge in [0.2, 0.25) is 9.05 Å². The minimum absolute atomic E-state index is 0.142. The molecule has 3 nitrogen and oxygen atoms in total. The van der Waals surface area contributed by atoms with Crippen molar-refractivity contribution < 1.29 is 8.42 Å². The molecule has 1 rings (SSSR count). The molecule has 1 aromatic rings. The van der Waals surface area contributed by atoms with Gasteiger partial charge >= 0.3 is 0 Å². The van der Waals surface area contributed by atoms with Crippen LogP contribution in [0.15, 0.2) is 24.5 Å². The average molecular weight is 192 g/mol. The van der Waals surface area contributed by atoms with Gasteiger partial charge in [-0.25, -0.2) is 8.42 Å². The lowest BCUT2D eigenvalue weighted by Gasteiger charge is -1.94. The predicted octanol–water partition coefficient (Wildman–Crippen LogP) is 1.15. The summed E-state index contributed by atoms with van der Waals surface area (Å²) in [6, 6.07) is 3.22. The maximum Gasteiger partial charge on any atom is 0.236 e. The van der Waals surface area contributed by atoms with E-state index in [0.717, 1.165) is 0 Å². The van der Waals surface area contributed by atoms with Gasteiger partial charge in [-0.15, -0.1) is 0 Å². The standard InChI is InChI=1S/C6H6ClNO2S/c7-11(9,10)5-6-1-3-8-4-2-6/h1-4H,5H2. The molecule has 0 amide bonds. The van der Waals surface area contributed by atoms with Crippen LogP contribution in [0.3, 0.4) is 0 Å². The second kappa shape index (κ2) is 3.19. The second-order valence-electron chi connectivity index (χ2n) is 2.04. The van der Waals surface area contributed by atoms with Gasteiger partial charge in [0.1, 0.15) is 0 Å². The first kappa shape index (κ1) is 8.49. The molecule has 0 aromatic carbocycles. The Balaban J connectivity index is 2.82. The van der Waals surface area contributed by atoms with Crippen molar-refractivity contribution in [2.24, 2.45) is 0 Å². The van der Waals surface area contributed by atoms with Crippen LogP contribution in [0.25, 0.3) is 0 Å². The van der Waals surface area contributed by atoms with Crippen LogP contribution < -0.4 is 0 Å². The first-order chi connectivity index (χ1) is 5.08. The van der Waals surface area contributed by atoms with Crippen LogP contribution in [0.2, 0.25) is 0 Å². The molecule has 0 bridgehead atoms. The molecule has 0 atom stereocenters. The van der Waals surface area contributed by atoms with Crippen LogP contribution in [0, 0.1) is 0 Å². The maximum absolute atomic E-state index is 10.5. The van der Waals surface area contributed by atoms with Gasteiger partial charge in [0.05, 0.1) is 5.75 Å². The van der Waals surface area contributed by atoms with E-state index in [2.05, 4.69) is 4.98 Å². The lowest BCUT2D eigenvalue weighted by molar-refractivity contribution is 0.609. The molecule has 1 aromatic heterocycles. The van der Waals surface area contributed by atoms with Crippen LogP contribution in [0.1, 0.15) is 5.56 Å². The van der Waals surface area contributed by atoms with Gasteiger partial charge in [-0.3, -0.25) is 4.98 Å². The van der Waals surface area contributed by atoms with E-state index in [1.54, 1.807) is 12.1 Å². The number of rotatable bonds is 2. The smallest absolute Gasteiger partial charge is 0.236 e. The number of pyridine rings is 1. The largest absolute Gasteiger partial charge is 0.265 e. The minimum Gasteiger partial charge on any atom is -0.265 e. The summed E-state index contributed by atoms with van der Waals surface area (Å²) in [7, 11) is 1.59. The summed E-state index contributed by atoms with van der Waals surface area (Å²) in [6.45, 7) is 0. The van der Waals surface area contributed by atoms with Gasteiger partial charge in [-0.1, -0.05) is 0 Å². The van der Waals surface area contributed by atoms with Crippen molar-refractivity contribution in [3.8, 4) is 0 Å². The summed E-state index contributed by atoms with van der Waals surface area (Å²) < 4.78 is 21.1. The number of nitrogens with zero attached hydrogens (tertiary/aromatic N) is 1. The van der Waals surface area contributed by atoms with E-state index in [4.69, 9.17) is 10.7 Å². The lowest BCUT2D eigenvalue weighted by Crippen LogP contribution is -1.94. The van der Waals surface area contributed by atoms with E-state index in [0.29, 0.717) is 5.56 Å². The van der Waals surface area contributed by atoms with Crippen LogP contribution >= 0.6 is 10.7 Å². The summed E-state index contributed by atoms with van der Waals surface area (Å²) >= 11 is 0. The van der Waals surface area contributed by atoms with Crippen LogP contribution in [-0.4, -0.2) is 13.4 Å². The van der Waals surface area contributed by atoms with Gasteiger partial charge in [-0.2, -0.15) is 0 Å². The van der Waals surface area contributed by atoms with Crippen molar-refractivity contribution in [1.82, 2.24) is 4.98 Å². The molecule has 0 saturated carbocycles. The maximum atomic E-state index is 10.5. The van der Waals surface area contributed by atoms with Gasteiger partial charge in [0, 0.05) is 23.1 Å². The highest BCUT2D eigenvalue weighted by Crippen LogP contribution is 2.07. The van der Waals surface area contributed by atoms with E-state index in [-0.39, 0.29) is 5.75 Å². The number of aromatic nitrogens is 1. The Bertz CT molecular complexity index is 322. The molecule has 0 N–H and O–H groups in total. The number of halogens is 1. The molecule has 0 aliphatic heterocycles. The van der Waals surface area contributed by atoms with E-state index in [1.807, 2.05) is 0 Å². The van der Waals surface area contributed by atoms with Crippen molar-refractivity contribution >= 4 is 19.7 Å². The van der Waals surface area contributed by atoms with Crippen LogP contribution in [0.4, 0.5) is 0 Å². The Morgan fingerprint density at radius 1 is 1.36 bits per heavy atom. The minimum atomic E-state index is -3.43. The summed E-state index contributed by atoms with van der Waals surface area (Å²) in [5, 5.41) is 0. The Hall–Kier alpha value is -0.610. The molecule has 0 radical (unpaired) electrons. The molecule has 60 valence electrons. The zero-order valence-corrected chi connectivity index (χ0v) is 7.14. The molecule has 0 unspecified atom stereocenters. The molecule has 0 spiro atoms. The Kier molecular flexibility index (Phi) is 2.46. The second-order valence-corrected chi connectivity index (χ2v) is 4.82. The molecular weight excluding hydrogens is 186 g/mol. The quantitative estimate of drug-likeness (QED) is 0.659. The fraction of sp³-hybridized carbons (Fsp3) is 0.167. The fourth-order valence-electron chi connectivity index (χ4n) is 0.678. The fourth-order valence-corrected chi connectivity index (χ4v) is 1.65. The summed E-state index contributed by atoms with van der Waals surface area (Å²) in [5.41, 5.74) is 0.648. The van der Waals surface area contributed by atoms with Crippen molar-refractivity contribution in [3.63, 3.8) is 0 Å². The molecule has 5 heteroatoms. The monoisotopic (exact) mass is 191 g/mol. The highest BCUT2D eigenvalue weighted by molar-refractivity contribution is 8.13. The van der Waals surface area contributed by atoms with E-state index < -0.39 is 9.05 Å². The molecular formula is C6H6ClNO2S. The Labute approximate surface area is 69.4 Å². The third-order valence-corrected chi connectivity index (χ3v) is 2.09. The zero-order valence-electron chi connectivity index (χ0n) is 5.57. The molecule has 1 heterocycles. The summed E-state index contributed by atoms with van der Waals surface area (Å²) in [5.74, 6) is -0.142. The third-order valence-electron chi connectivity index (χ3n) is 1.09. The van der Waals surface area contributed by atoms with Crippen molar-refractivity contribution in [2.45, 2.75) is 5.75 Å². The number of hydrogen-bond donors (Lipinski definition) is 0. The van der Waals surface area contributed by atoms with Gasteiger partial charge in [0.15, 0.2) is 0 Å². The highest BCUT2D eigenvalue weighted by atomic mass is 35.7. The van der Waals surface area contributed by atoms with Gasteiger partial charge in [0.25, 0.3) is 0 Å². The van der Waals surface area contributed by atoms with Crippen molar-refractivity contribution in [2.75, 3.05) is 0 Å². The summed E-state index contributed by atoms with van der Waals surface area (Å²) in [4.78, 5) is 3.74.